The van der Waals surface area contributed by atoms with Crippen LogP contribution in [0.15, 0.2) is 58.6 Å². The Labute approximate surface area is 142 Å². The van der Waals surface area contributed by atoms with Crippen molar-refractivity contribution in [2.75, 3.05) is 18.7 Å². The van der Waals surface area contributed by atoms with E-state index >= 15 is 0 Å². The molecule has 120 valence electrons. The molecule has 0 saturated carbocycles. The van der Waals surface area contributed by atoms with Crippen LogP contribution in [0.5, 0.6) is 11.5 Å². The number of fused-ring (bicyclic) bond motifs is 2. The smallest absolute Gasteiger partial charge is 0.337 e. The molecule has 24 heavy (non-hydrogen) atoms. The van der Waals surface area contributed by atoms with Crippen molar-refractivity contribution in [3.05, 3.63) is 59.3 Å². The third-order valence-electron chi connectivity index (χ3n) is 4.27. The molecule has 2 aromatic rings. The second-order valence-corrected chi connectivity index (χ2v) is 6.85. The molecule has 0 radical (unpaired) electrons. The van der Waals surface area contributed by atoms with Gasteiger partial charge in [0.1, 0.15) is 6.61 Å². The lowest BCUT2D eigenvalue weighted by Crippen LogP contribution is -2.08. The highest BCUT2D eigenvalue weighted by atomic mass is 32.2. The number of nitrogens with one attached hydrogen (secondary N) is 1. The summed E-state index contributed by atoms with van der Waals surface area (Å²) < 4.78 is 16.1. The highest BCUT2D eigenvalue weighted by Gasteiger charge is 2.36. The highest BCUT2D eigenvalue weighted by Crippen LogP contribution is 2.50. The lowest BCUT2D eigenvalue weighted by molar-refractivity contribution is -0.136. The topological polar surface area (TPSA) is 56.8 Å². The number of cyclic esters (lactones) is 1. The number of carbonyl (C=O) groups is 1. The summed E-state index contributed by atoms with van der Waals surface area (Å²) in [7, 11) is 0. The van der Waals surface area contributed by atoms with Crippen LogP contribution in [-0.4, -0.2) is 19.4 Å². The maximum absolute atomic E-state index is 12.3. The number of ether oxygens (including phenoxy) is 3. The van der Waals surface area contributed by atoms with Gasteiger partial charge in [-0.1, -0.05) is 18.2 Å². The predicted molar refractivity (Wildman–Crippen MR) is 89.2 cm³/mol. The van der Waals surface area contributed by atoms with Gasteiger partial charge >= 0.3 is 5.97 Å². The van der Waals surface area contributed by atoms with Gasteiger partial charge in [0, 0.05) is 4.90 Å². The molecule has 0 aliphatic carbocycles. The van der Waals surface area contributed by atoms with E-state index in [1.54, 1.807) is 11.8 Å². The zero-order chi connectivity index (χ0) is 16.1. The van der Waals surface area contributed by atoms with E-state index in [4.69, 9.17) is 14.2 Å². The Hall–Kier alpha value is -2.60. The van der Waals surface area contributed by atoms with E-state index in [2.05, 4.69) is 11.4 Å². The zero-order valence-electron chi connectivity index (χ0n) is 12.6. The Morgan fingerprint density at radius 1 is 1.04 bits per heavy atom. The van der Waals surface area contributed by atoms with Crippen molar-refractivity contribution in [2.24, 2.45) is 0 Å². The van der Waals surface area contributed by atoms with Gasteiger partial charge in [-0.2, -0.15) is 0 Å². The standard InChI is InChI=1S/C18H13NO4S/c20-18-16-12(8-21-18)19-11-3-1-2-4-15(11)24-17(16)10-5-6-13-14(7-10)23-9-22-13/h1-7,17,19H,8-9H2/t17-/m1/s1. The van der Waals surface area contributed by atoms with E-state index in [-0.39, 0.29) is 24.6 Å². The summed E-state index contributed by atoms with van der Waals surface area (Å²) in [6.45, 7) is 0.515. The molecule has 0 spiro atoms. The van der Waals surface area contributed by atoms with Crippen LogP contribution in [0.3, 0.4) is 0 Å². The Morgan fingerprint density at radius 3 is 2.88 bits per heavy atom. The van der Waals surface area contributed by atoms with Crippen molar-refractivity contribution in [3.63, 3.8) is 0 Å². The number of rotatable bonds is 1. The first-order valence-corrected chi connectivity index (χ1v) is 8.50. The number of hydrogen-bond acceptors (Lipinski definition) is 6. The molecule has 0 aromatic heterocycles. The van der Waals surface area contributed by atoms with Crippen LogP contribution in [0, 0.1) is 0 Å². The maximum atomic E-state index is 12.3. The van der Waals surface area contributed by atoms with Gasteiger partial charge in [-0.05, 0) is 29.8 Å². The van der Waals surface area contributed by atoms with E-state index in [0.29, 0.717) is 11.3 Å². The second-order valence-electron chi connectivity index (χ2n) is 5.70. The van der Waals surface area contributed by atoms with Crippen LogP contribution in [0.25, 0.3) is 0 Å². The fourth-order valence-electron chi connectivity index (χ4n) is 3.12. The molecule has 3 aliphatic heterocycles. The molecule has 3 aliphatic rings. The molecular formula is C18H13NO4S. The summed E-state index contributed by atoms with van der Waals surface area (Å²) in [6.07, 6.45) is 0. The van der Waals surface area contributed by atoms with Crippen LogP contribution in [0.1, 0.15) is 10.8 Å². The van der Waals surface area contributed by atoms with Gasteiger partial charge in [0.2, 0.25) is 6.79 Å². The molecule has 5 nitrogen and oxygen atoms in total. The number of thioether (sulfide) groups is 1. The van der Waals surface area contributed by atoms with E-state index in [9.17, 15) is 4.79 Å². The lowest BCUT2D eigenvalue weighted by Gasteiger charge is -2.16. The number of hydrogen-bond donors (Lipinski definition) is 1. The summed E-state index contributed by atoms with van der Waals surface area (Å²) in [5.74, 6) is 1.19. The van der Waals surface area contributed by atoms with Gasteiger partial charge in [-0.25, -0.2) is 4.79 Å². The second kappa shape index (κ2) is 5.21. The molecule has 0 bridgehead atoms. The quantitative estimate of drug-likeness (QED) is 0.803. The van der Waals surface area contributed by atoms with Crippen molar-refractivity contribution >= 4 is 23.4 Å². The predicted octanol–water partition coefficient (Wildman–Crippen LogP) is 3.49. The first-order valence-electron chi connectivity index (χ1n) is 7.62. The van der Waals surface area contributed by atoms with Crippen LogP contribution < -0.4 is 14.8 Å². The minimum atomic E-state index is -0.263. The van der Waals surface area contributed by atoms with Gasteiger partial charge in [0.25, 0.3) is 0 Å². The van der Waals surface area contributed by atoms with E-state index in [1.807, 2.05) is 36.4 Å². The first-order chi connectivity index (χ1) is 11.8. The number of carbonyl (C=O) groups excluding carboxylic acids is 1. The number of anilines is 1. The van der Waals surface area contributed by atoms with Crippen molar-refractivity contribution in [2.45, 2.75) is 10.1 Å². The molecular weight excluding hydrogens is 326 g/mol. The number of esters is 1. The lowest BCUT2D eigenvalue weighted by atomic mass is 10.0. The van der Waals surface area contributed by atoms with Crippen molar-refractivity contribution in [1.82, 2.24) is 0 Å². The highest BCUT2D eigenvalue weighted by molar-refractivity contribution is 8.00. The van der Waals surface area contributed by atoms with Crippen molar-refractivity contribution in [3.8, 4) is 11.5 Å². The van der Waals surface area contributed by atoms with Crippen molar-refractivity contribution in [1.29, 1.82) is 0 Å². The fraction of sp³-hybridized carbons (Fsp3) is 0.167. The van der Waals surface area contributed by atoms with Gasteiger partial charge in [-0.15, -0.1) is 11.8 Å². The minimum absolute atomic E-state index is 0.152. The summed E-state index contributed by atoms with van der Waals surface area (Å²) >= 11 is 1.64. The van der Waals surface area contributed by atoms with Crippen LogP contribution in [0.4, 0.5) is 5.69 Å². The summed E-state index contributed by atoms with van der Waals surface area (Å²) in [5.41, 5.74) is 3.50. The Bertz CT molecular complexity index is 892. The summed E-state index contributed by atoms with van der Waals surface area (Å²) in [6, 6.07) is 13.9. The summed E-state index contributed by atoms with van der Waals surface area (Å²) in [5, 5.41) is 3.21. The van der Waals surface area contributed by atoms with Crippen LogP contribution in [-0.2, 0) is 9.53 Å². The molecule has 0 unspecified atom stereocenters. The van der Waals surface area contributed by atoms with Gasteiger partial charge in [0.15, 0.2) is 11.5 Å². The largest absolute Gasteiger partial charge is 0.456 e. The van der Waals surface area contributed by atoms with Gasteiger partial charge < -0.3 is 19.5 Å². The van der Waals surface area contributed by atoms with Gasteiger partial charge in [-0.3, -0.25) is 0 Å². The van der Waals surface area contributed by atoms with Gasteiger partial charge in [0.05, 0.1) is 22.2 Å². The Balaban J connectivity index is 1.65. The normalized spacial score (nSPS) is 20.8. The minimum Gasteiger partial charge on any atom is -0.456 e. The monoisotopic (exact) mass is 339 g/mol. The average Bonchev–Trinajstić information content (AvgIpc) is 3.16. The third kappa shape index (κ3) is 2.06. The molecule has 5 rings (SSSR count). The molecule has 0 fully saturated rings. The SMILES string of the molecule is O=C1OCC2=C1[C@@H](c1ccc3c(c1)OCO3)Sc1ccccc1N2. The van der Waals surface area contributed by atoms with Crippen molar-refractivity contribution < 1.29 is 19.0 Å². The maximum Gasteiger partial charge on any atom is 0.337 e. The Kier molecular flexibility index (Phi) is 2.99. The Morgan fingerprint density at radius 2 is 1.92 bits per heavy atom. The molecule has 0 saturated heterocycles. The van der Waals surface area contributed by atoms with E-state index < -0.39 is 0 Å². The number of para-hydroxylation sites is 1. The molecule has 0 amide bonds. The molecule has 2 aromatic carbocycles. The van der Waals surface area contributed by atoms with E-state index in [1.165, 1.54) is 0 Å². The van der Waals surface area contributed by atoms with Crippen LogP contribution in [0.2, 0.25) is 0 Å². The number of benzene rings is 2. The molecule has 3 heterocycles. The third-order valence-corrected chi connectivity index (χ3v) is 5.63. The van der Waals surface area contributed by atoms with E-state index in [0.717, 1.165) is 27.6 Å². The zero-order valence-corrected chi connectivity index (χ0v) is 13.4. The van der Waals surface area contributed by atoms with Crippen LogP contribution >= 0.6 is 11.8 Å². The molecule has 1 N–H and O–H groups in total. The fourth-order valence-corrected chi connectivity index (χ4v) is 4.41. The molecule has 6 heteroatoms. The summed E-state index contributed by atoms with van der Waals surface area (Å²) in [4.78, 5) is 13.4. The molecule has 1 atom stereocenters. The average molecular weight is 339 g/mol. The first kappa shape index (κ1) is 13.8.